The number of hydrogen-bond acceptors (Lipinski definition) is 5. The Morgan fingerprint density at radius 3 is 2.85 bits per heavy atom. The van der Waals surface area contributed by atoms with Crippen LogP contribution in [0.3, 0.4) is 0 Å². The van der Waals surface area contributed by atoms with Crippen molar-refractivity contribution in [2.75, 3.05) is 24.2 Å². The van der Waals surface area contributed by atoms with Crippen molar-refractivity contribution >= 4 is 57.4 Å². The first-order chi connectivity index (χ1) is 12.5. The molecule has 1 aliphatic heterocycles. The van der Waals surface area contributed by atoms with Gasteiger partial charge in [-0.3, -0.25) is 19.5 Å². The summed E-state index contributed by atoms with van der Waals surface area (Å²) in [5.41, 5.74) is 1.79. The summed E-state index contributed by atoms with van der Waals surface area (Å²) in [6.07, 6.45) is 0. The van der Waals surface area contributed by atoms with E-state index in [1.807, 2.05) is 24.4 Å². The van der Waals surface area contributed by atoms with Crippen LogP contribution in [0.4, 0.5) is 5.69 Å². The van der Waals surface area contributed by atoms with Crippen molar-refractivity contribution in [2.24, 2.45) is 4.99 Å². The standard InChI is InChI=1S/C18H18ClN3O2S2/c1-12-7-8-25-15(12)10-21(2)17(24)11-26-18-20-9-16(23)22(18)14-6-4-3-5-13(14)19/h3-8H,9-11H2,1-2H3. The summed E-state index contributed by atoms with van der Waals surface area (Å²) < 4.78 is 0. The lowest BCUT2D eigenvalue weighted by molar-refractivity contribution is -0.127. The van der Waals surface area contributed by atoms with Gasteiger partial charge in [0.05, 0.1) is 23.0 Å². The number of thiophene rings is 1. The van der Waals surface area contributed by atoms with Gasteiger partial charge in [0.2, 0.25) is 5.91 Å². The van der Waals surface area contributed by atoms with Crippen LogP contribution < -0.4 is 4.90 Å². The van der Waals surface area contributed by atoms with Gasteiger partial charge in [-0.05, 0) is 36.1 Å². The third-order valence-electron chi connectivity index (χ3n) is 3.98. The lowest BCUT2D eigenvalue weighted by atomic mass is 10.3. The van der Waals surface area contributed by atoms with Gasteiger partial charge in [0.15, 0.2) is 5.17 Å². The van der Waals surface area contributed by atoms with Crippen molar-refractivity contribution in [3.8, 4) is 0 Å². The van der Waals surface area contributed by atoms with Crippen LogP contribution in [0, 0.1) is 6.92 Å². The molecule has 0 N–H and O–H groups in total. The molecule has 26 heavy (non-hydrogen) atoms. The van der Waals surface area contributed by atoms with E-state index < -0.39 is 0 Å². The molecule has 2 amide bonds. The summed E-state index contributed by atoms with van der Waals surface area (Å²) >= 11 is 9.12. The number of carbonyl (C=O) groups excluding carboxylic acids is 2. The SMILES string of the molecule is Cc1ccsc1CN(C)C(=O)CSC1=NCC(=O)N1c1ccccc1Cl. The van der Waals surface area contributed by atoms with Gasteiger partial charge in [-0.2, -0.15) is 0 Å². The molecule has 2 aromatic rings. The average molecular weight is 408 g/mol. The molecule has 0 radical (unpaired) electrons. The highest BCUT2D eigenvalue weighted by Gasteiger charge is 2.29. The first kappa shape index (κ1) is 18.9. The topological polar surface area (TPSA) is 53.0 Å². The number of aryl methyl sites for hydroxylation is 1. The van der Waals surface area contributed by atoms with Gasteiger partial charge in [-0.15, -0.1) is 11.3 Å². The summed E-state index contributed by atoms with van der Waals surface area (Å²) in [6, 6.07) is 9.18. The zero-order chi connectivity index (χ0) is 18.7. The fourth-order valence-electron chi connectivity index (χ4n) is 2.47. The van der Waals surface area contributed by atoms with Gasteiger partial charge in [-0.1, -0.05) is 35.5 Å². The molecule has 0 atom stereocenters. The van der Waals surface area contributed by atoms with Gasteiger partial charge >= 0.3 is 0 Å². The van der Waals surface area contributed by atoms with Crippen LogP contribution in [0.25, 0.3) is 0 Å². The van der Waals surface area contributed by atoms with Gasteiger partial charge in [-0.25, -0.2) is 0 Å². The molecule has 8 heteroatoms. The van der Waals surface area contributed by atoms with E-state index in [9.17, 15) is 9.59 Å². The molecule has 5 nitrogen and oxygen atoms in total. The molecular formula is C18H18ClN3O2S2. The molecule has 2 heterocycles. The number of amides is 2. The number of hydrogen-bond donors (Lipinski definition) is 0. The Balaban J connectivity index is 1.63. The molecule has 1 aliphatic rings. The van der Waals surface area contributed by atoms with E-state index in [-0.39, 0.29) is 24.1 Å². The summed E-state index contributed by atoms with van der Waals surface area (Å²) in [5, 5.41) is 3.02. The number of anilines is 1. The van der Waals surface area contributed by atoms with Crippen LogP contribution in [-0.4, -0.2) is 41.2 Å². The largest absolute Gasteiger partial charge is 0.340 e. The Labute approximate surface area is 165 Å². The van der Waals surface area contributed by atoms with E-state index in [1.165, 1.54) is 27.1 Å². The lowest BCUT2D eigenvalue weighted by Gasteiger charge is -2.20. The minimum atomic E-state index is -0.143. The molecule has 0 aliphatic carbocycles. The first-order valence-corrected chi connectivity index (χ1v) is 10.2. The molecular weight excluding hydrogens is 390 g/mol. The molecule has 0 saturated carbocycles. The molecule has 136 valence electrons. The van der Waals surface area contributed by atoms with Crippen molar-refractivity contribution in [1.82, 2.24) is 4.90 Å². The molecule has 1 aromatic carbocycles. The van der Waals surface area contributed by atoms with Gasteiger partial charge in [0, 0.05) is 11.9 Å². The summed E-state index contributed by atoms with van der Waals surface area (Å²) in [4.78, 5) is 33.3. The normalized spacial score (nSPS) is 13.9. The Bertz CT molecular complexity index is 866. The Hall–Kier alpha value is -1.83. The fourth-order valence-corrected chi connectivity index (χ4v) is 4.61. The number of nitrogens with zero attached hydrogens (tertiary/aromatic N) is 3. The maximum Gasteiger partial charge on any atom is 0.254 e. The molecule has 3 rings (SSSR count). The van der Waals surface area contributed by atoms with E-state index in [2.05, 4.69) is 4.99 Å². The smallest absolute Gasteiger partial charge is 0.254 e. The highest BCUT2D eigenvalue weighted by atomic mass is 35.5. The second-order valence-corrected chi connectivity index (χ2v) is 8.19. The number of amidine groups is 1. The molecule has 0 fully saturated rings. The average Bonchev–Trinajstić information content (AvgIpc) is 3.19. The van der Waals surface area contributed by atoms with Crippen molar-refractivity contribution < 1.29 is 9.59 Å². The van der Waals surface area contributed by atoms with E-state index in [4.69, 9.17) is 11.6 Å². The van der Waals surface area contributed by atoms with E-state index >= 15 is 0 Å². The number of carbonyl (C=O) groups is 2. The van der Waals surface area contributed by atoms with Gasteiger partial charge in [0.25, 0.3) is 5.91 Å². The van der Waals surface area contributed by atoms with Crippen LogP contribution in [0.5, 0.6) is 0 Å². The summed E-state index contributed by atoms with van der Waals surface area (Å²) in [5.74, 6) is 0.0631. The van der Waals surface area contributed by atoms with Crippen LogP contribution in [0.2, 0.25) is 5.02 Å². The number of thioether (sulfide) groups is 1. The Morgan fingerprint density at radius 1 is 1.38 bits per heavy atom. The second kappa shape index (κ2) is 8.24. The lowest BCUT2D eigenvalue weighted by Crippen LogP contribution is -2.33. The number of halogens is 1. The van der Waals surface area contributed by atoms with Crippen LogP contribution in [-0.2, 0) is 16.1 Å². The summed E-state index contributed by atoms with van der Waals surface area (Å²) in [6.45, 7) is 2.70. The van der Waals surface area contributed by atoms with Crippen molar-refractivity contribution in [3.05, 3.63) is 51.2 Å². The molecule has 1 aromatic heterocycles. The quantitative estimate of drug-likeness (QED) is 0.757. The zero-order valence-electron chi connectivity index (χ0n) is 14.4. The predicted octanol–water partition coefficient (Wildman–Crippen LogP) is 3.80. The predicted molar refractivity (Wildman–Crippen MR) is 109 cm³/mol. The second-order valence-electron chi connectivity index (χ2n) is 5.84. The number of rotatable bonds is 5. The molecule has 0 unspecified atom stereocenters. The maximum absolute atomic E-state index is 12.5. The third-order valence-corrected chi connectivity index (χ3v) is 6.27. The van der Waals surface area contributed by atoms with Crippen LogP contribution in [0.15, 0.2) is 40.7 Å². The van der Waals surface area contributed by atoms with Crippen LogP contribution in [0.1, 0.15) is 10.4 Å². The Morgan fingerprint density at radius 2 is 2.15 bits per heavy atom. The maximum atomic E-state index is 12.5. The monoisotopic (exact) mass is 407 g/mol. The fraction of sp³-hybridized carbons (Fsp3) is 0.278. The van der Waals surface area contributed by atoms with Crippen LogP contribution >= 0.6 is 34.7 Å². The zero-order valence-corrected chi connectivity index (χ0v) is 16.8. The molecule has 0 bridgehead atoms. The molecule has 0 saturated heterocycles. The molecule has 0 spiro atoms. The minimum absolute atomic E-state index is 0.0102. The minimum Gasteiger partial charge on any atom is -0.340 e. The number of aliphatic imine (C=N–C) groups is 1. The highest BCUT2D eigenvalue weighted by molar-refractivity contribution is 8.14. The Kier molecular flexibility index (Phi) is 6.01. The van der Waals surface area contributed by atoms with Gasteiger partial charge in [0.1, 0.15) is 6.54 Å². The highest BCUT2D eigenvalue weighted by Crippen LogP contribution is 2.30. The van der Waals surface area contributed by atoms with Crippen molar-refractivity contribution in [2.45, 2.75) is 13.5 Å². The number of para-hydroxylation sites is 1. The number of benzene rings is 1. The van der Waals surface area contributed by atoms with E-state index in [1.54, 1.807) is 41.5 Å². The van der Waals surface area contributed by atoms with E-state index in [0.717, 1.165) is 0 Å². The first-order valence-electron chi connectivity index (χ1n) is 7.99. The van der Waals surface area contributed by atoms with Gasteiger partial charge < -0.3 is 4.90 Å². The van der Waals surface area contributed by atoms with Crippen molar-refractivity contribution in [1.29, 1.82) is 0 Å². The van der Waals surface area contributed by atoms with E-state index in [0.29, 0.717) is 22.4 Å². The summed E-state index contributed by atoms with van der Waals surface area (Å²) in [7, 11) is 1.79. The third kappa shape index (κ3) is 4.11. The van der Waals surface area contributed by atoms with Crippen molar-refractivity contribution in [3.63, 3.8) is 0 Å².